The molecule has 0 aliphatic heterocycles. The molecule has 28 heavy (non-hydrogen) atoms. The second-order valence-corrected chi connectivity index (χ2v) is 6.85. The molecule has 2 aromatic rings. The SMILES string of the molecule is CCNC(=O)[C@H](C)N(Cc1ccccc1F)C(=O)CCc1ccc(CC)cc1. The van der Waals surface area contributed by atoms with Gasteiger partial charge in [0.05, 0.1) is 0 Å². The van der Waals surface area contributed by atoms with Crippen molar-refractivity contribution < 1.29 is 14.0 Å². The Morgan fingerprint density at radius 1 is 1.04 bits per heavy atom. The molecule has 4 nitrogen and oxygen atoms in total. The first-order valence-corrected chi connectivity index (χ1v) is 9.84. The standard InChI is InChI=1S/C23H29FN2O2/c1-4-18-10-12-19(13-11-18)14-15-22(27)26(17(3)23(28)25-5-2)16-20-8-6-7-9-21(20)24/h6-13,17H,4-5,14-16H2,1-3H3,(H,25,28)/t17-/m0/s1. The molecular formula is C23H29FN2O2. The van der Waals surface area contributed by atoms with Gasteiger partial charge in [-0.15, -0.1) is 0 Å². The summed E-state index contributed by atoms with van der Waals surface area (Å²) in [5.41, 5.74) is 2.72. The van der Waals surface area contributed by atoms with E-state index < -0.39 is 6.04 Å². The summed E-state index contributed by atoms with van der Waals surface area (Å²) < 4.78 is 14.1. The van der Waals surface area contributed by atoms with Crippen LogP contribution in [0.3, 0.4) is 0 Å². The fourth-order valence-corrected chi connectivity index (χ4v) is 3.05. The molecule has 0 unspecified atom stereocenters. The molecule has 2 amide bonds. The van der Waals surface area contributed by atoms with Gasteiger partial charge in [0.25, 0.3) is 0 Å². The minimum atomic E-state index is -0.672. The van der Waals surface area contributed by atoms with Crippen LogP contribution in [0.2, 0.25) is 0 Å². The highest BCUT2D eigenvalue weighted by Gasteiger charge is 2.26. The Bertz CT molecular complexity index is 789. The van der Waals surface area contributed by atoms with Gasteiger partial charge in [0, 0.05) is 25.1 Å². The zero-order chi connectivity index (χ0) is 20.5. The number of hydrogen-bond acceptors (Lipinski definition) is 2. The minimum Gasteiger partial charge on any atom is -0.355 e. The molecule has 0 saturated heterocycles. The normalized spacial score (nSPS) is 11.7. The minimum absolute atomic E-state index is 0.0680. The zero-order valence-electron chi connectivity index (χ0n) is 16.9. The predicted octanol–water partition coefficient (Wildman–Crippen LogP) is 3.87. The number of nitrogens with one attached hydrogen (secondary N) is 1. The Kier molecular flexibility index (Phi) is 8.18. The van der Waals surface area contributed by atoms with E-state index in [-0.39, 0.29) is 30.6 Å². The van der Waals surface area contributed by atoms with Gasteiger partial charge in [-0.05, 0) is 43.9 Å². The summed E-state index contributed by atoms with van der Waals surface area (Å²) in [5, 5.41) is 2.74. The lowest BCUT2D eigenvalue weighted by Crippen LogP contribution is -2.47. The van der Waals surface area contributed by atoms with Crippen molar-refractivity contribution in [1.29, 1.82) is 0 Å². The van der Waals surface area contributed by atoms with Crippen LogP contribution in [0.1, 0.15) is 43.9 Å². The van der Waals surface area contributed by atoms with E-state index in [1.165, 1.54) is 16.5 Å². The molecule has 0 heterocycles. The van der Waals surface area contributed by atoms with Gasteiger partial charge in [0.15, 0.2) is 0 Å². The first kappa shape index (κ1) is 21.6. The van der Waals surface area contributed by atoms with Gasteiger partial charge in [0.1, 0.15) is 11.9 Å². The molecule has 0 spiro atoms. The van der Waals surface area contributed by atoms with Crippen molar-refractivity contribution in [2.45, 2.75) is 52.6 Å². The second-order valence-electron chi connectivity index (χ2n) is 6.85. The largest absolute Gasteiger partial charge is 0.355 e. The maximum absolute atomic E-state index is 14.1. The third-order valence-corrected chi connectivity index (χ3v) is 4.88. The van der Waals surface area contributed by atoms with Crippen LogP contribution in [0, 0.1) is 5.82 Å². The highest BCUT2D eigenvalue weighted by Crippen LogP contribution is 2.15. The lowest BCUT2D eigenvalue weighted by Gasteiger charge is -2.29. The lowest BCUT2D eigenvalue weighted by molar-refractivity contribution is -0.140. The van der Waals surface area contributed by atoms with Crippen LogP contribution in [-0.2, 0) is 29.0 Å². The number of benzene rings is 2. The van der Waals surface area contributed by atoms with Crippen LogP contribution in [0.15, 0.2) is 48.5 Å². The number of amides is 2. The second kappa shape index (κ2) is 10.6. The van der Waals surface area contributed by atoms with E-state index >= 15 is 0 Å². The Morgan fingerprint density at radius 3 is 2.29 bits per heavy atom. The fourth-order valence-electron chi connectivity index (χ4n) is 3.05. The smallest absolute Gasteiger partial charge is 0.242 e. The summed E-state index contributed by atoms with van der Waals surface area (Å²) >= 11 is 0. The van der Waals surface area contributed by atoms with Gasteiger partial charge in [-0.1, -0.05) is 49.4 Å². The Labute approximate surface area is 166 Å². The summed E-state index contributed by atoms with van der Waals surface area (Å²) in [6.07, 6.45) is 1.82. The molecule has 0 bridgehead atoms. The van der Waals surface area contributed by atoms with Gasteiger partial charge in [-0.3, -0.25) is 9.59 Å². The summed E-state index contributed by atoms with van der Waals surface area (Å²) in [4.78, 5) is 26.7. The number of aryl methyl sites for hydroxylation is 2. The molecule has 0 aliphatic carbocycles. The molecule has 0 radical (unpaired) electrons. The van der Waals surface area contributed by atoms with Crippen LogP contribution in [0.5, 0.6) is 0 Å². The molecule has 1 N–H and O–H groups in total. The number of hydrogen-bond donors (Lipinski definition) is 1. The van der Waals surface area contributed by atoms with E-state index in [0.29, 0.717) is 18.5 Å². The first-order chi connectivity index (χ1) is 13.5. The molecule has 0 aromatic heterocycles. The van der Waals surface area contributed by atoms with Crippen molar-refractivity contribution in [3.63, 3.8) is 0 Å². The van der Waals surface area contributed by atoms with Gasteiger partial charge < -0.3 is 10.2 Å². The van der Waals surface area contributed by atoms with E-state index in [1.807, 2.05) is 19.1 Å². The van der Waals surface area contributed by atoms with E-state index in [0.717, 1.165) is 12.0 Å². The number of carbonyl (C=O) groups is 2. The molecule has 0 fully saturated rings. The fraction of sp³-hybridized carbons (Fsp3) is 0.391. The summed E-state index contributed by atoms with van der Waals surface area (Å²) in [7, 11) is 0. The molecule has 0 aliphatic rings. The van der Waals surface area contributed by atoms with Crippen molar-refractivity contribution in [3.8, 4) is 0 Å². The van der Waals surface area contributed by atoms with Crippen LogP contribution in [0.25, 0.3) is 0 Å². The van der Waals surface area contributed by atoms with Gasteiger partial charge >= 0.3 is 0 Å². The van der Waals surface area contributed by atoms with Crippen molar-refractivity contribution in [2.75, 3.05) is 6.54 Å². The Balaban J connectivity index is 2.12. The molecular weight excluding hydrogens is 355 g/mol. The monoisotopic (exact) mass is 384 g/mol. The Hall–Kier alpha value is -2.69. The lowest BCUT2D eigenvalue weighted by atomic mass is 10.0. The Morgan fingerprint density at radius 2 is 1.68 bits per heavy atom. The van der Waals surface area contributed by atoms with Crippen LogP contribution in [-0.4, -0.2) is 29.3 Å². The molecule has 2 aromatic carbocycles. The summed E-state index contributed by atoms with van der Waals surface area (Å²) in [6.45, 7) is 6.16. The number of likely N-dealkylation sites (N-methyl/N-ethyl adjacent to an activating group) is 1. The molecule has 150 valence electrons. The predicted molar refractivity (Wildman–Crippen MR) is 109 cm³/mol. The average molecular weight is 384 g/mol. The highest BCUT2D eigenvalue weighted by atomic mass is 19.1. The van der Waals surface area contributed by atoms with Crippen molar-refractivity contribution in [3.05, 3.63) is 71.0 Å². The van der Waals surface area contributed by atoms with E-state index in [4.69, 9.17) is 0 Å². The third kappa shape index (κ3) is 5.91. The van der Waals surface area contributed by atoms with Crippen LogP contribution in [0.4, 0.5) is 4.39 Å². The molecule has 2 rings (SSSR count). The van der Waals surface area contributed by atoms with E-state index in [2.05, 4.69) is 24.4 Å². The van der Waals surface area contributed by atoms with E-state index in [9.17, 15) is 14.0 Å². The third-order valence-electron chi connectivity index (χ3n) is 4.88. The number of halogens is 1. The van der Waals surface area contributed by atoms with Gasteiger partial charge in [0.2, 0.25) is 11.8 Å². The van der Waals surface area contributed by atoms with Gasteiger partial charge in [-0.25, -0.2) is 4.39 Å². The first-order valence-electron chi connectivity index (χ1n) is 9.84. The van der Waals surface area contributed by atoms with Crippen LogP contribution >= 0.6 is 0 Å². The van der Waals surface area contributed by atoms with Crippen molar-refractivity contribution in [1.82, 2.24) is 10.2 Å². The maximum Gasteiger partial charge on any atom is 0.242 e. The van der Waals surface area contributed by atoms with E-state index in [1.54, 1.807) is 25.1 Å². The molecule has 1 atom stereocenters. The topological polar surface area (TPSA) is 49.4 Å². The number of rotatable bonds is 9. The number of nitrogens with zero attached hydrogens (tertiary/aromatic N) is 1. The van der Waals surface area contributed by atoms with Gasteiger partial charge in [-0.2, -0.15) is 0 Å². The number of carbonyl (C=O) groups excluding carboxylic acids is 2. The molecule has 0 saturated carbocycles. The highest BCUT2D eigenvalue weighted by molar-refractivity contribution is 5.87. The molecule has 5 heteroatoms. The van der Waals surface area contributed by atoms with Crippen molar-refractivity contribution in [2.24, 2.45) is 0 Å². The summed E-state index contributed by atoms with van der Waals surface area (Å²) in [6, 6.07) is 13.9. The quantitative estimate of drug-likeness (QED) is 0.713. The maximum atomic E-state index is 14.1. The average Bonchev–Trinajstić information content (AvgIpc) is 2.71. The summed E-state index contributed by atoms with van der Waals surface area (Å²) in [5.74, 6) is -0.778. The zero-order valence-corrected chi connectivity index (χ0v) is 16.9. The van der Waals surface area contributed by atoms with Crippen molar-refractivity contribution >= 4 is 11.8 Å². The van der Waals surface area contributed by atoms with Crippen LogP contribution < -0.4 is 5.32 Å².